The lowest BCUT2D eigenvalue weighted by Gasteiger charge is -2.06. The molecule has 0 amide bonds. The lowest BCUT2D eigenvalue weighted by atomic mass is 10.2. The van der Waals surface area contributed by atoms with Crippen molar-refractivity contribution in [2.24, 2.45) is 0 Å². The average molecular weight is 221 g/mol. The Morgan fingerprint density at radius 2 is 2.13 bits per heavy atom. The van der Waals surface area contributed by atoms with E-state index in [9.17, 15) is 4.79 Å². The maximum absolute atomic E-state index is 11.8. The van der Waals surface area contributed by atoms with Crippen molar-refractivity contribution in [3.63, 3.8) is 0 Å². The molecule has 0 spiro atoms. The molecule has 0 aliphatic heterocycles. The topological polar surface area (TPSA) is 52.3 Å². The van der Waals surface area contributed by atoms with E-state index >= 15 is 0 Å². The smallest absolute Gasteiger partial charge is 0.214 e. The predicted octanol–water partition coefficient (Wildman–Crippen LogP) is 2.24. The van der Waals surface area contributed by atoms with Crippen LogP contribution in [0.2, 0.25) is 0 Å². The summed E-state index contributed by atoms with van der Waals surface area (Å²) in [5.41, 5.74) is 5.77. The molecular formula is C11H11NO2S. The molecule has 78 valence electrons. The third kappa shape index (κ3) is 1.68. The number of rotatable bonds is 2. The summed E-state index contributed by atoms with van der Waals surface area (Å²) in [6, 6.07) is 7.39. The van der Waals surface area contributed by atoms with Gasteiger partial charge in [0.25, 0.3) is 0 Å². The van der Waals surface area contributed by atoms with Crippen LogP contribution < -0.4 is 15.9 Å². The van der Waals surface area contributed by atoms with Gasteiger partial charge in [0.05, 0.1) is 6.61 Å². The van der Waals surface area contributed by atoms with Crippen LogP contribution in [-0.4, -0.2) is 6.61 Å². The lowest BCUT2D eigenvalue weighted by Crippen LogP contribution is -2.09. The summed E-state index contributed by atoms with van der Waals surface area (Å²) in [6.45, 7) is 2.38. The van der Waals surface area contributed by atoms with Crippen LogP contribution in [0.1, 0.15) is 6.92 Å². The molecule has 0 aliphatic carbocycles. The van der Waals surface area contributed by atoms with Crippen LogP contribution in [0, 0.1) is 0 Å². The van der Waals surface area contributed by atoms with Gasteiger partial charge in [0.15, 0.2) is 0 Å². The summed E-state index contributed by atoms with van der Waals surface area (Å²) in [4.78, 5) is 11.8. The summed E-state index contributed by atoms with van der Waals surface area (Å²) >= 11 is 1.40. The molecule has 0 saturated carbocycles. The average Bonchev–Trinajstić information content (AvgIpc) is 2.26. The number of nitrogen functional groups attached to an aromatic ring is 1. The molecule has 0 atom stereocenters. The maximum atomic E-state index is 11.8. The number of ether oxygens (including phenoxy) is 1. The van der Waals surface area contributed by atoms with Crippen LogP contribution in [0.25, 0.3) is 10.1 Å². The van der Waals surface area contributed by atoms with Gasteiger partial charge in [-0.1, -0.05) is 23.5 Å². The number of anilines is 1. The maximum Gasteiger partial charge on any atom is 0.214 e. The zero-order chi connectivity index (χ0) is 10.8. The van der Waals surface area contributed by atoms with Crippen LogP contribution >= 0.6 is 11.3 Å². The van der Waals surface area contributed by atoms with E-state index in [0.29, 0.717) is 17.1 Å². The van der Waals surface area contributed by atoms with Gasteiger partial charge in [0.2, 0.25) is 10.5 Å². The Morgan fingerprint density at radius 3 is 2.87 bits per heavy atom. The molecule has 1 aromatic heterocycles. The molecule has 4 heteroatoms. The van der Waals surface area contributed by atoms with E-state index < -0.39 is 0 Å². The van der Waals surface area contributed by atoms with E-state index in [2.05, 4.69) is 0 Å². The highest BCUT2D eigenvalue weighted by atomic mass is 32.1. The first kappa shape index (κ1) is 9.98. The lowest BCUT2D eigenvalue weighted by molar-refractivity contribution is 0.351. The summed E-state index contributed by atoms with van der Waals surface area (Å²) in [5.74, 6) is 0. The molecule has 0 aliphatic rings. The van der Waals surface area contributed by atoms with Gasteiger partial charge in [-0.3, -0.25) is 4.79 Å². The van der Waals surface area contributed by atoms with Crippen molar-refractivity contribution in [2.45, 2.75) is 6.92 Å². The zero-order valence-corrected chi connectivity index (χ0v) is 9.14. The Labute approximate surface area is 91.1 Å². The van der Waals surface area contributed by atoms with E-state index in [1.54, 1.807) is 6.07 Å². The Morgan fingerprint density at radius 1 is 1.40 bits per heavy atom. The molecule has 1 aromatic carbocycles. The highest BCUT2D eigenvalue weighted by Gasteiger charge is 2.09. The summed E-state index contributed by atoms with van der Waals surface area (Å²) < 4.78 is 6.22. The molecule has 0 radical (unpaired) electrons. The first-order valence-corrected chi connectivity index (χ1v) is 5.49. The number of hydrogen-bond acceptors (Lipinski definition) is 4. The molecule has 2 aromatic rings. The second kappa shape index (κ2) is 3.90. The summed E-state index contributed by atoms with van der Waals surface area (Å²) in [7, 11) is 0. The van der Waals surface area contributed by atoms with Gasteiger partial charge in [-0.25, -0.2) is 0 Å². The number of hydrogen-bond donors (Lipinski definition) is 1. The quantitative estimate of drug-likeness (QED) is 0.846. The molecule has 0 bridgehead atoms. The van der Waals surface area contributed by atoms with Crippen molar-refractivity contribution in [1.29, 1.82) is 0 Å². The first-order valence-electron chi connectivity index (χ1n) is 4.68. The first-order chi connectivity index (χ1) is 7.24. The van der Waals surface area contributed by atoms with Gasteiger partial charge in [0, 0.05) is 10.1 Å². The number of nitrogens with two attached hydrogens (primary N) is 1. The molecule has 3 nitrogen and oxygen atoms in total. The van der Waals surface area contributed by atoms with E-state index in [-0.39, 0.29) is 11.1 Å². The van der Waals surface area contributed by atoms with E-state index in [1.807, 2.05) is 25.1 Å². The van der Waals surface area contributed by atoms with Crippen LogP contribution in [0.3, 0.4) is 0 Å². The fourth-order valence-electron chi connectivity index (χ4n) is 1.37. The Bertz CT molecular complexity index is 548. The monoisotopic (exact) mass is 221 g/mol. The molecule has 0 saturated heterocycles. The molecule has 0 fully saturated rings. The van der Waals surface area contributed by atoms with Crippen molar-refractivity contribution in [2.75, 3.05) is 12.3 Å². The van der Waals surface area contributed by atoms with Crippen molar-refractivity contribution in [3.05, 3.63) is 34.5 Å². The zero-order valence-electron chi connectivity index (χ0n) is 8.32. The molecule has 0 unspecified atom stereocenters. The van der Waals surface area contributed by atoms with Crippen LogP contribution in [0.5, 0.6) is 5.06 Å². The second-order valence-corrected chi connectivity index (χ2v) is 4.08. The fourth-order valence-corrected chi connectivity index (χ4v) is 2.37. The van der Waals surface area contributed by atoms with Crippen molar-refractivity contribution < 1.29 is 4.74 Å². The van der Waals surface area contributed by atoms with Crippen molar-refractivity contribution in [1.82, 2.24) is 0 Å². The van der Waals surface area contributed by atoms with Crippen molar-refractivity contribution >= 4 is 27.1 Å². The normalized spacial score (nSPS) is 10.5. The molecule has 15 heavy (non-hydrogen) atoms. The van der Waals surface area contributed by atoms with Gasteiger partial charge in [-0.15, -0.1) is 0 Å². The Balaban J connectivity index is 2.77. The molecule has 2 rings (SSSR count). The molecule has 2 N–H and O–H groups in total. The minimum Gasteiger partial charge on any atom is -0.483 e. The van der Waals surface area contributed by atoms with Gasteiger partial charge in [0.1, 0.15) is 5.69 Å². The minimum atomic E-state index is -0.146. The van der Waals surface area contributed by atoms with Crippen LogP contribution in [0.4, 0.5) is 5.69 Å². The predicted molar refractivity (Wildman–Crippen MR) is 63.7 cm³/mol. The van der Waals surface area contributed by atoms with Crippen LogP contribution in [-0.2, 0) is 0 Å². The third-order valence-corrected chi connectivity index (χ3v) is 3.17. The summed E-state index contributed by atoms with van der Waals surface area (Å²) in [5, 5.41) is 1.17. The molecule has 1 heterocycles. The number of benzene rings is 1. The standard InChI is InChI=1S/C11H11NO2S/c1-2-14-11-9(12)10(13)7-5-3-4-6-8(7)15-11/h3-6H,2,12H2,1H3. The Kier molecular flexibility index (Phi) is 2.60. The fraction of sp³-hybridized carbons (Fsp3) is 0.182. The van der Waals surface area contributed by atoms with Gasteiger partial charge >= 0.3 is 0 Å². The van der Waals surface area contributed by atoms with Gasteiger partial charge in [-0.2, -0.15) is 0 Å². The van der Waals surface area contributed by atoms with Gasteiger partial charge < -0.3 is 10.5 Å². The largest absolute Gasteiger partial charge is 0.483 e. The van der Waals surface area contributed by atoms with E-state index in [4.69, 9.17) is 10.5 Å². The highest BCUT2D eigenvalue weighted by molar-refractivity contribution is 7.20. The second-order valence-electron chi connectivity index (χ2n) is 3.06. The van der Waals surface area contributed by atoms with E-state index in [1.165, 1.54) is 11.3 Å². The summed E-state index contributed by atoms with van der Waals surface area (Å²) in [6.07, 6.45) is 0. The SMILES string of the molecule is CCOc1sc2ccccc2c(=O)c1N. The van der Waals surface area contributed by atoms with Gasteiger partial charge in [-0.05, 0) is 19.1 Å². The minimum absolute atomic E-state index is 0.146. The third-order valence-electron chi connectivity index (χ3n) is 2.07. The highest BCUT2D eigenvalue weighted by Crippen LogP contribution is 2.30. The number of fused-ring (bicyclic) bond motifs is 1. The Hall–Kier alpha value is -1.55. The van der Waals surface area contributed by atoms with E-state index in [0.717, 1.165) is 4.70 Å². The van der Waals surface area contributed by atoms with Crippen molar-refractivity contribution in [3.8, 4) is 5.06 Å². The molecular weight excluding hydrogens is 210 g/mol. The van der Waals surface area contributed by atoms with Crippen LogP contribution in [0.15, 0.2) is 29.1 Å².